The number of rotatable bonds is 4. The predicted octanol–water partition coefficient (Wildman–Crippen LogP) is 1.63. The Morgan fingerprint density at radius 1 is 1.23 bits per heavy atom. The molecule has 0 fully saturated rings. The molecule has 1 atom stereocenters. The van der Waals surface area contributed by atoms with Crippen LogP contribution in [-0.4, -0.2) is 16.8 Å². The Balaban J connectivity index is 2.55. The van der Waals surface area contributed by atoms with Gasteiger partial charge in [0.2, 0.25) is 0 Å². The minimum Gasteiger partial charge on any atom is -0.396 e. The number of benzene rings is 1. The summed E-state index contributed by atoms with van der Waals surface area (Å²) in [6, 6.07) is 5.74. The van der Waals surface area contributed by atoms with E-state index in [1.54, 1.807) is 12.1 Å². The van der Waals surface area contributed by atoms with E-state index in [4.69, 9.17) is 5.11 Å². The largest absolute Gasteiger partial charge is 0.396 e. The smallest absolute Gasteiger partial charge is 0.123 e. The van der Waals surface area contributed by atoms with Crippen LogP contribution in [0.5, 0.6) is 0 Å². The maximum Gasteiger partial charge on any atom is 0.123 e. The lowest BCUT2D eigenvalue weighted by Gasteiger charge is -2.09. The second kappa shape index (κ2) is 4.94. The molecule has 0 amide bonds. The van der Waals surface area contributed by atoms with E-state index < -0.39 is 6.10 Å². The summed E-state index contributed by atoms with van der Waals surface area (Å²) in [4.78, 5) is 0. The molecule has 0 aliphatic heterocycles. The summed E-state index contributed by atoms with van der Waals surface area (Å²) < 4.78 is 12.5. The summed E-state index contributed by atoms with van der Waals surface area (Å²) in [5.41, 5.74) is 0.690. The lowest BCUT2D eigenvalue weighted by molar-refractivity contribution is 0.151. The Kier molecular flexibility index (Phi) is 3.86. The van der Waals surface area contributed by atoms with Gasteiger partial charge in [-0.05, 0) is 30.5 Å². The molecule has 0 aromatic heterocycles. The lowest BCUT2D eigenvalue weighted by Crippen LogP contribution is -1.98. The summed E-state index contributed by atoms with van der Waals surface area (Å²) in [5.74, 6) is -0.307. The summed E-state index contributed by atoms with van der Waals surface area (Å²) in [6.07, 6.45) is 0.452. The highest BCUT2D eigenvalue weighted by Crippen LogP contribution is 2.17. The van der Waals surface area contributed by atoms with Crippen LogP contribution in [0.1, 0.15) is 24.5 Å². The SMILES string of the molecule is OCCCC(O)c1ccc(F)cc1. The van der Waals surface area contributed by atoms with Crippen molar-refractivity contribution in [2.45, 2.75) is 18.9 Å². The molecule has 2 nitrogen and oxygen atoms in total. The number of aliphatic hydroxyl groups is 2. The number of hydrogen-bond donors (Lipinski definition) is 2. The third kappa shape index (κ3) is 3.13. The van der Waals surface area contributed by atoms with Crippen LogP contribution in [-0.2, 0) is 0 Å². The van der Waals surface area contributed by atoms with Gasteiger partial charge in [-0.3, -0.25) is 0 Å². The van der Waals surface area contributed by atoms with Crippen molar-refractivity contribution in [3.63, 3.8) is 0 Å². The van der Waals surface area contributed by atoms with Crippen LogP contribution >= 0.6 is 0 Å². The molecular formula is C10H13FO2. The highest BCUT2D eigenvalue weighted by molar-refractivity contribution is 5.18. The number of aliphatic hydroxyl groups excluding tert-OH is 2. The molecule has 0 spiro atoms. The molecule has 1 aromatic rings. The Labute approximate surface area is 76.6 Å². The molecule has 0 saturated carbocycles. The van der Waals surface area contributed by atoms with E-state index in [0.717, 1.165) is 0 Å². The molecule has 1 aromatic carbocycles. The summed E-state index contributed by atoms with van der Waals surface area (Å²) in [6.45, 7) is 0.0677. The molecule has 0 radical (unpaired) electrons. The van der Waals surface area contributed by atoms with E-state index in [1.165, 1.54) is 12.1 Å². The molecule has 0 aliphatic carbocycles. The highest BCUT2D eigenvalue weighted by atomic mass is 19.1. The zero-order valence-electron chi connectivity index (χ0n) is 7.28. The van der Waals surface area contributed by atoms with E-state index in [2.05, 4.69) is 0 Å². The number of halogens is 1. The first-order chi connectivity index (χ1) is 6.24. The van der Waals surface area contributed by atoms with Crippen molar-refractivity contribution in [1.82, 2.24) is 0 Å². The molecule has 0 bridgehead atoms. The van der Waals surface area contributed by atoms with Gasteiger partial charge < -0.3 is 10.2 Å². The van der Waals surface area contributed by atoms with Gasteiger partial charge in [-0.1, -0.05) is 12.1 Å². The maximum atomic E-state index is 12.5. The van der Waals surface area contributed by atoms with Crippen molar-refractivity contribution in [2.24, 2.45) is 0 Å². The van der Waals surface area contributed by atoms with Crippen LogP contribution in [0.25, 0.3) is 0 Å². The normalized spacial score (nSPS) is 12.8. The standard InChI is InChI=1S/C10H13FO2/c11-9-5-3-8(4-6-9)10(13)2-1-7-12/h3-6,10,12-13H,1-2,7H2. The first kappa shape index (κ1) is 10.2. The summed E-state index contributed by atoms with van der Waals surface area (Å²) in [5, 5.41) is 18.0. The molecule has 13 heavy (non-hydrogen) atoms. The molecule has 0 aliphatic rings. The average Bonchev–Trinajstić information content (AvgIpc) is 2.15. The van der Waals surface area contributed by atoms with Crippen LogP contribution < -0.4 is 0 Å². The van der Waals surface area contributed by atoms with Crippen molar-refractivity contribution < 1.29 is 14.6 Å². The van der Waals surface area contributed by atoms with Gasteiger partial charge in [-0.15, -0.1) is 0 Å². The minimum absolute atomic E-state index is 0.0677. The second-order valence-corrected chi connectivity index (χ2v) is 2.93. The lowest BCUT2D eigenvalue weighted by atomic mass is 10.1. The molecule has 1 rings (SSSR count). The predicted molar refractivity (Wildman–Crippen MR) is 47.7 cm³/mol. The van der Waals surface area contributed by atoms with Gasteiger partial charge in [-0.25, -0.2) is 4.39 Å². The van der Waals surface area contributed by atoms with Gasteiger partial charge >= 0.3 is 0 Å². The quantitative estimate of drug-likeness (QED) is 0.746. The van der Waals surface area contributed by atoms with Gasteiger partial charge in [0.25, 0.3) is 0 Å². The van der Waals surface area contributed by atoms with Gasteiger partial charge in [-0.2, -0.15) is 0 Å². The zero-order chi connectivity index (χ0) is 9.68. The van der Waals surface area contributed by atoms with Crippen molar-refractivity contribution in [3.8, 4) is 0 Å². The third-order valence-corrected chi connectivity index (χ3v) is 1.89. The minimum atomic E-state index is -0.604. The topological polar surface area (TPSA) is 40.5 Å². The Hall–Kier alpha value is -0.930. The second-order valence-electron chi connectivity index (χ2n) is 2.93. The van der Waals surface area contributed by atoms with Gasteiger partial charge in [0.05, 0.1) is 6.10 Å². The van der Waals surface area contributed by atoms with Crippen LogP contribution in [0.2, 0.25) is 0 Å². The van der Waals surface area contributed by atoms with E-state index in [0.29, 0.717) is 18.4 Å². The Morgan fingerprint density at radius 2 is 1.85 bits per heavy atom. The molecule has 1 unspecified atom stereocenters. The molecule has 72 valence electrons. The fraction of sp³-hybridized carbons (Fsp3) is 0.400. The van der Waals surface area contributed by atoms with Gasteiger partial charge in [0, 0.05) is 6.61 Å². The first-order valence-corrected chi connectivity index (χ1v) is 4.28. The molecule has 3 heteroatoms. The van der Waals surface area contributed by atoms with E-state index in [-0.39, 0.29) is 12.4 Å². The Morgan fingerprint density at radius 3 is 2.38 bits per heavy atom. The Bertz CT molecular complexity index is 246. The summed E-state index contributed by atoms with van der Waals surface area (Å²) >= 11 is 0. The fourth-order valence-corrected chi connectivity index (χ4v) is 1.14. The van der Waals surface area contributed by atoms with Crippen LogP contribution in [0.15, 0.2) is 24.3 Å². The fourth-order valence-electron chi connectivity index (χ4n) is 1.14. The van der Waals surface area contributed by atoms with Crippen molar-refractivity contribution in [2.75, 3.05) is 6.61 Å². The van der Waals surface area contributed by atoms with Crippen LogP contribution in [0, 0.1) is 5.82 Å². The third-order valence-electron chi connectivity index (χ3n) is 1.89. The van der Waals surface area contributed by atoms with Gasteiger partial charge in [0.1, 0.15) is 5.82 Å². The van der Waals surface area contributed by atoms with Crippen LogP contribution in [0.4, 0.5) is 4.39 Å². The molecule has 0 saturated heterocycles. The number of hydrogen-bond acceptors (Lipinski definition) is 2. The van der Waals surface area contributed by atoms with Crippen molar-refractivity contribution in [1.29, 1.82) is 0 Å². The van der Waals surface area contributed by atoms with Gasteiger partial charge in [0.15, 0.2) is 0 Å². The van der Waals surface area contributed by atoms with Crippen LogP contribution in [0.3, 0.4) is 0 Å². The van der Waals surface area contributed by atoms with Crippen molar-refractivity contribution in [3.05, 3.63) is 35.6 Å². The van der Waals surface area contributed by atoms with E-state index in [9.17, 15) is 9.50 Å². The van der Waals surface area contributed by atoms with E-state index in [1.807, 2.05) is 0 Å². The molecular weight excluding hydrogens is 171 g/mol. The molecule has 0 heterocycles. The maximum absolute atomic E-state index is 12.5. The van der Waals surface area contributed by atoms with Crippen molar-refractivity contribution >= 4 is 0 Å². The molecule has 2 N–H and O–H groups in total. The summed E-state index contributed by atoms with van der Waals surface area (Å²) in [7, 11) is 0. The monoisotopic (exact) mass is 184 g/mol. The zero-order valence-corrected chi connectivity index (χ0v) is 7.28. The average molecular weight is 184 g/mol. The van der Waals surface area contributed by atoms with E-state index >= 15 is 0 Å². The highest BCUT2D eigenvalue weighted by Gasteiger charge is 2.06. The first-order valence-electron chi connectivity index (χ1n) is 4.28.